The Bertz CT molecular complexity index is 1080. The summed E-state index contributed by atoms with van der Waals surface area (Å²) in [5, 5.41) is 4.62. The van der Waals surface area contributed by atoms with Gasteiger partial charge in [0.25, 0.3) is 0 Å². The number of aromatic nitrogens is 3. The second-order valence-electron chi connectivity index (χ2n) is 7.54. The lowest BCUT2D eigenvalue weighted by Gasteiger charge is -2.32. The van der Waals surface area contributed by atoms with E-state index in [-0.39, 0.29) is 5.75 Å². The van der Waals surface area contributed by atoms with Crippen LogP contribution in [0.3, 0.4) is 0 Å². The van der Waals surface area contributed by atoms with E-state index in [4.69, 9.17) is 9.97 Å². The number of fused-ring (bicyclic) bond motifs is 1. The van der Waals surface area contributed by atoms with Crippen molar-refractivity contribution in [3.05, 3.63) is 48.8 Å². The summed E-state index contributed by atoms with van der Waals surface area (Å²) in [5.74, 6) is 1.74. The van der Waals surface area contributed by atoms with E-state index in [1.807, 2.05) is 36.4 Å². The van der Waals surface area contributed by atoms with Crippen LogP contribution in [0.1, 0.15) is 12.8 Å². The lowest BCUT2D eigenvalue weighted by atomic mass is 10.0. The minimum atomic E-state index is -2.92. The van der Waals surface area contributed by atoms with E-state index in [1.54, 1.807) is 12.4 Å². The number of rotatable bonds is 6. The van der Waals surface area contributed by atoms with Crippen LogP contribution in [-0.4, -0.2) is 66.0 Å². The first-order valence-electron chi connectivity index (χ1n) is 9.82. The Hall–Kier alpha value is -2.58. The van der Waals surface area contributed by atoms with Gasteiger partial charge < -0.3 is 10.2 Å². The maximum Gasteiger partial charge on any atom is 0.162 e. The molecule has 2 aromatic heterocycles. The van der Waals surface area contributed by atoms with Crippen LogP contribution in [0.2, 0.25) is 0 Å². The van der Waals surface area contributed by atoms with Crippen LogP contribution in [0.25, 0.3) is 22.3 Å². The van der Waals surface area contributed by atoms with Gasteiger partial charge in [0.15, 0.2) is 5.82 Å². The normalized spacial score (nSPS) is 16.2. The van der Waals surface area contributed by atoms with Gasteiger partial charge in [0.1, 0.15) is 15.7 Å². The Morgan fingerprint density at radius 2 is 1.79 bits per heavy atom. The van der Waals surface area contributed by atoms with E-state index in [2.05, 4.69) is 15.2 Å². The number of para-hydroxylation sites is 1. The number of hydrogen-bond acceptors (Lipinski definition) is 7. The first kappa shape index (κ1) is 19.7. The van der Waals surface area contributed by atoms with Crippen molar-refractivity contribution in [3.8, 4) is 11.4 Å². The zero-order valence-corrected chi connectivity index (χ0v) is 17.3. The molecule has 0 bridgehead atoms. The highest BCUT2D eigenvalue weighted by Gasteiger charge is 2.21. The van der Waals surface area contributed by atoms with Gasteiger partial charge in [-0.05, 0) is 37.1 Å². The number of sulfone groups is 1. The molecule has 7 nitrogen and oxygen atoms in total. The van der Waals surface area contributed by atoms with Crippen LogP contribution in [-0.2, 0) is 9.84 Å². The molecular formula is C21H25N5O2S. The molecule has 29 heavy (non-hydrogen) atoms. The van der Waals surface area contributed by atoms with Crippen molar-refractivity contribution in [2.24, 2.45) is 0 Å². The van der Waals surface area contributed by atoms with Gasteiger partial charge in [0.2, 0.25) is 0 Å². The van der Waals surface area contributed by atoms with Gasteiger partial charge in [0, 0.05) is 55.3 Å². The number of likely N-dealkylation sites (tertiary alicyclic amines) is 1. The molecule has 0 amide bonds. The molecule has 4 rings (SSSR count). The average molecular weight is 412 g/mol. The SMILES string of the molecule is CS(=O)(=O)CCN1CCC(Nc2nc(-c3ccncc3)nc3ccccc23)CC1. The fraction of sp³-hybridized carbons (Fsp3) is 0.381. The second kappa shape index (κ2) is 8.42. The topological polar surface area (TPSA) is 88.1 Å². The fourth-order valence-electron chi connectivity index (χ4n) is 3.61. The van der Waals surface area contributed by atoms with Gasteiger partial charge in [-0.2, -0.15) is 0 Å². The molecule has 1 aliphatic heterocycles. The maximum absolute atomic E-state index is 11.4. The summed E-state index contributed by atoms with van der Waals surface area (Å²) in [7, 11) is -2.92. The number of pyridine rings is 1. The van der Waals surface area contributed by atoms with Gasteiger partial charge in [-0.3, -0.25) is 4.98 Å². The van der Waals surface area contributed by atoms with E-state index in [1.165, 1.54) is 6.26 Å². The van der Waals surface area contributed by atoms with Gasteiger partial charge in [-0.15, -0.1) is 0 Å². The van der Waals surface area contributed by atoms with Crippen LogP contribution in [0, 0.1) is 0 Å². The van der Waals surface area contributed by atoms with E-state index in [0.717, 1.165) is 48.2 Å². The fourth-order valence-corrected chi connectivity index (χ4v) is 4.20. The molecule has 0 radical (unpaired) electrons. The molecule has 0 atom stereocenters. The Labute approximate surface area is 171 Å². The van der Waals surface area contributed by atoms with E-state index in [9.17, 15) is 8.42 Å². The first-order chi connectivity index (χ1) is 14.0. The van der Waals surface area contributed by atoms with Crippen LogP contribution in [0.15, 0.2) is 48.8 Å². The van der Waals surface area contributed by atoms with Crippen molar-refractivity contribution in [1.29, 1.82) is 0 Å². The molecule has 0 aliphatic carbocycles. The summed E-state index contributed by atoms with van der Waals surface area (Å²) in [5.41, 5.74) is 1.84. The minimum absolute atomic E-state index is 0.219. The summed E-state index contributed by atoms with van der Waals surface area (Å²) in [6.07, 6.45) is 6.68. The molecule has 1 aromatic carbocycles. The molecule has 1 N–H and O–H groups in total. The lowest BCUT2D eigenvalue weighted by Crippen LogP contribution is -2.41. The van der Waals surface area contributed by atoms with Crippen LogP contribution in [0.4, 0.5) is 5.82 Å². The Balaban J connectivity index is 1.51. The van der Waals surface area contributed by atoms with Gasteiger partial charge in [-0.25, -0.2) is 18.4 Å². The molecule has 3 aromatic rings. The molecule has 0 saturated carbocycles. The highest BCUT2D eigenvalue weighted by molar-refractivity contribution is 7.90. The van der Waals surface area contributed by atoms with Crippen molar-refractivity contribution in [3.63, 3.8) is 0 Å². The quantitative estimate of drug-likeness (QED) is 0.667. The van der Waals surface area contributed by atoms with Crippen molar-refractivity contribution >= 4 is 26.6 Å². The minimum Gasteiger partial charge on any atom is -0.367 e. The number of anilines is 1. The molecule has 1 saturated heterocycles. The molecule has 1 aliphatic rings. The van der Waals surface area contributed by atoms with Crippen LogP contribution < -0.4 is 5.32 Å². The third-order valence-corrected chi connectivity index (χ3v) is 6.17. The van der Waals surface area contributed by atoms with E-state index in [0.29, 0.717) is 18.4 Å². The molecule has 1 fully saturated rings. The Morgan fingerprint density at radius 3 is 2.52 bits per heavy atom. The summed E-state index contributed by atoms with van der Waals surface area (Å²) >= 11 is 0. The first-order valence-corrected chi connectivity index (χ1v) is 11.9. The predicted octanol–water partition coefficient (Wildman–Crippen LogP) is 2.61. The monoisotopic (exact) mass is 411 g/mol. The highest BCUT2D eigenvalue weighted by atomic mass is 32.2. The molecule has 152 valence electrons. The van der Waals surface area contributed by atoms with Crippen molar-refractivity contribution in [1.82, 2.24) is 19.9 Å². The predicted molar refractivity (Wildman–Crippen MR) is 116 cm³/mol. The maximum atomic E-state index is 11.4. The zero-order valence-electron chi connectivity index (χ0n) is 16.5. The molecular weight excluding hydrogens is 386 g/mol. The smallest absolute Gasteiger partial charge is 0.162 e. The summed E-state index contributed by atoms with van der Waals surface area (Å²) in [4.78, 5) is 15.8. The lowest BCUT2D eigenvalue weighted by molar-refractivity contribution is 0.230. The third-order valence-electron chi connectivity index (χ3n) is 5.25. The van der Waals surface area contributed by atoms with Crippen molar-refractivity contribution in [2.45, 2.75) is 18.9 Å². The largest absolute Gasteiger partial charge is 0.367 e. The number of piperidine rings is 1. The molecule has 8 heteroatoms. The van der Waals surface area contributed by atoms with Crippen LogP contribution in [0.5, 0.6) is 0 Å². The number of nitrogens with zero attached hydrogens (tertiary/aromatic N) is 4. The van der Waals surface area contributed by atoms with Crippen LogP contribution >= 0.6 is 0 Å². The number of hydrogen-bond donors (Lipinski definition) is 1. The van der Waals surface area contributed by atoms with Gasteiger partial charge in [-0.1, -0.05) is 12.1 Å². The average Bonchev–Trinajstić information content (AvgIpc) is 2.73. The Morgan fingerprint density at radius 1 is 1.07 bits per heavy atom. The third kappa shape index (κ3) is 5.07. The van der Waals surface area contributed by atoms with Crippen molar-refractivity contribution in [2.75, 3.05) is 37.0 Å². The summed E-state index contributed by atoms with van der Waals surface area (Å²) < 4.78 is 22.8. The molecule has 0 spiro atoms. The van der Waals surface area contributed by atoms with Gasteiger partial charge >= 0.3 is 0 Å². The summed E-state index contributed by atoms with van der Waals surface area (Å²) in [6.45, 7) is 2.37. The summed E-state index contributed by atoms with van der Waals surface area (Å²) in [6, 6.07) is 12.1. The second-order valence-corrected chi connectivity index (χ2v) is 9.80. The van der Waals surface area contributed by atoms with E-state index >= 15 is 0 Å². The highest BCUT2D eigenvalue weighted by Crippen LogP contribution is 2.26. The van der Waals surface area contributed by atoms with Crippen molar-refractivity contribution < 1.29 is 8.42 Å². The standard InChI is InChI=1S/C21H25N5O2S/c1-29(27,28)15-14-26-12-8-17(9-13-26)23-21-18-4-2-3-5-19(18)24-20(25-21)16-6-10-22-11-7-16/h2-7,10-11,17H,8-9,12-15H2,1H3,(H,23,24,25). The van der Waals surface area contributed by atoms with E-state index < -0.39 is 9.84 Å². The molecule has 3 heterocycles. The zero-order chi connectivity index (χ0) is 20.3. The number of nitrogens with one attached hydrogen (secondary N) is 1. The Kier molecular flexibility index (Phi) is 5.73. The molecule has 0 unspecified atom stereocenters. The number of benzene rings is 1. The van der Waals surface area contributed by atoms with Gasteiger partial charge in [0.05, 0.1) is 11.3 Å².